The Hall–Kier alpha value is -1.11. The highest BCUT2D eigenvalue weighted by atomic mass is 35.5. The number of rotatable bonds is 7. The van der Waals surface area contributed by atoms with Crippen molar-refractivity contribution < 1.29 is 0 Å². The number of hydrogen-bond acceptors (Lipinski definition) is 5. The summed E-state index contributed by atoms with van der Waals surface area (Å²) in [5, 5.41) is 16.3. The monoisotopic (exact) mass is 297 g/mol. The van der Waals surface area contributed by atoms with Gasteiger partial charge in [0, 0.05) is 24.4 Å². The summed E-state index contributed by atoms with van der Waals surface area (Å²) in [5.41, 5.74) is 1.21. The molecule has 19 heavy (non-hydrogen) atoms. The average molecular weight is 298 g/mol. The van der Waals surface area contributed by atoms with Crippen molar-refractivity contribution >= 4 is 23.4 Å². The Kier molecular flexibility index (Phi) is 5.62. The van der Waals surface area contributed by atoms with E-state index in [0.29, 0.717) is 0 Å². The molecule has 102 valence electrons. The van der Waals surface area contributed by atoms with Crippen LogP contribution in [0.5, 0.6) is 0 Å². The molecule has 0 aliphatic carbocycles. The van der Waals surface area contributed by atoms with E-state index >= 15 is 0 Å². The maximum absolute atomic E-state index is 5.93. The van der Waals surface area contributed by atoms with Crippen molar-refractivity contribution in [2.24, 2.45) is 7.05 Å². The molecule has 0 fully saturated rings. The molecule has 0 amide bonds. The molecule has 7 heteroatoms. The van der Waals surface area contributed by atoms with E-state index in [9.17, 15) is 0 Å². The average Bonchev–Trinajstić information content (AvgIpc) is 2.79. The fourth-order valence-corrected chi connectivity index (χ4v) is 2.59. The number of aromatic nitrogens is 4. The fourth-order valence-electron chi connectivity index (χ4n) is 1.58. The minimum Gasteiger partial charge on any atom is -0.313 e. The predicted octanol–water partition coefficient (Wildman–Crippen LogP) is 2.14. The lowest BCUT2D eigenvalue weighted by atomic mass is 10.2. The molecule has 0 radical (unpaired) electrons. The van der Waals surface area contributed by atoms with Crippen LogP contribution in [0.15, 0.2) is 29.4 Å². The maximum Gasteiger partial charge on any atom is 0.209 e. The molecule has 0 atom stereocenters. The molecule has 0 saturated carbocycles. The molecule has 0 saturated heterocycles. The Balaban J connectivity index is 1.59. The number of aryl methyl sites for hydroxylation is 1. The quantitative estimate of drug-likeness (QED) is 0.627. The van der Waals surface area contributed by atoms with Gasteiger partial charge in [-0.15, -0.1) is 5.10 Å². The van der Waals surface area contributed by atoms with E-state index in [1.165, 1.54) is 5.56 Å². The second-order valence-corrected chi connectivity index (χ2v) is 5.59. The van der Waals surface area contributed by atoms with E-state index < -0.39 is 0 Å². The summed E-state index contributed by atoms with van der Waals surface area (Å²) in [5.74, 6) is 0.997. The summed E-state index contributed by atoms with van der Waals surface area (Å²) in [6.07, 6.45) is 1.07. The highest BCUT2D eigenvalue weighted by molar-refractivity contribution is 7.99. The Morgan fingerprint density at radius 2 is 2.32 bits per heavy atom. The zero-order chi connectivity index (χ0) is 13.5. The molecule has 1 aromatic carbocycles. The number of hydrogen-bond donors (Lipinski definition) is 1. The Morgan fingerprint density at radius 3 is 3.05 bits per heavy atom. The van der Waals surface area contributed by atoms with Gasteiger partial charge in [0.2, 0.25) is 5.16 Å². The normalized spacial score (nSPS) is 10.8. The summed E-state index contributed by atoms with van der Waals surface area (Å²) in [4.78, 5) is 0. The van der Waals surface area contributed by atoms with Crippen LogP contribution in [0, 0.1) is 0 Å². The van der Waals surface area contributed by atoms with Crippen LogP contribution >= 0.6 is 23.4 Å². The van der Waals surface area contributed by atoms with E-state index in [4.69, 9.17) is 11.6 Å². The van der Waals surface area contributed by atoms with E-state index in [1.807, 2.05) is 25.2 Å². The van der Waals surface area contributed by atoms with Gasteiger partial charge in [0.05, 0.1) is 0 Å². The van der Waals surface area contributed by atoms with Gasteiger partial charge in [0.25, 0.3) is 0 Å². The summed E-state index contributed by atoms with van der Waals surface area (Å²) in [6, 6.07) is 7.90. The smallest absolute Gasteiger partial charge is 0.209 e. The van der Waals surface area contributed by atoms with Crippen LogP contribution in [0.1, 0.15) is 12.0 Å². The topological polar surface area (TPSA) is 55.6 Å². The summed E-state index contributed by atoms with van der Waals surface area (Å²) in [6.45, 7) is 1.81. The lowest BCUT2D eigenvalue weighted by Crippen LogP contribution is -2.15. The standard InChI is InChI=1S/C12H16ClN5S/c1-18-12(15-16-17-18)19-7-3-6-14-9-10-4-2-5-11(13)8-10/h2,4-5,8,14H,3,6-7,9H2,1H3. The largest absolute Gasteiger partial charge is 0.313 e. The summed E-state index contributed by atoms with van der Waals surface area (Å²) >= 11 is 7.60. The highest BCUT2D eigenvalue weighted by Crippen LogP contribution is 2.13. The number of benzene rings is 1. The number of tetrazole rings is 1. The van der Waals surface area contributed by atoms with Crippen LogP contribution < -0.4 is 5.32 Å². The third-order valence-electron chi connectivity index (χ3n) is 2.53. The van der Waals surface area contributed by atoms with Gasteiger partial charge in [-0.05, 0) is 41.1 Å². The van der Waals surface area contributed by atoms with Crippen molar-refractivity contribution in [3.05, 3.63) is 34.9 Å². The molecule has 2 aromatic rings. The summed E-state index contributed by atoms with van der Waals surface area (Å²) < 4.78 is 1.68. The van der Waals surface area contributed by atoms with E-state index in [0.717, 1.165) is 35.4 Å². The molecule has 1 heterocycles. The van der Waals surface area contributed by atoms with Crippen molar-refractivity contribution in [3.8, 4) is 0 Å². The van der Waals surface area contributed by atoms with E-state index in [2.05, 4.69) is 26.9 Å². The molecule has 0 aliphatic heterocycles. The van der Waals surface area contributed by atoms with Crippen molar-refractivity contribution in [2.75, 3.05) is 12.3 Å². The number of halogens is 1. The third-order valence-corrected chi connectivity index (χ3v) is 3.86. The molecular formula is C12H16ClN5S. The van der Waals surface area contributed by atoms with E-state index in [1.54, 1.807) is 16.4 Å². The van der Waals surface area contributed by atoms with E-state index in [-0.39, 0.29) is 0 Å². The van der Waals surface area contributed by atoms with Crippen molar-refractivity contribution in [2.45, 2.75) is 18.1 Å². The molecule has 2 rings (SSSR count). The Labute approximate surface area is 121 Å². The minimum absolute atomic E-state index is 0.782. The molecule has 1 N–H and O–H groups in total. The Morgan fingerprint density at radius 1 is 1.42 bits per heavy atom. The predicted molar refractivity (Wildman–Crippen MR) is 77.3 cm³/mol. The van der Waals surface area contributed by atoms with Crippen molar-refractivity contribution in [1.29, 1.82) is 0 Å². The lowest BCUT2D eigenvalue weighted by Gasteiger charge is -2.05. The third kappa shape index (κ3) is 4.81. The van der Waals surface area contributed by atoms with Gasteiger partial charge < -0.3 is 5.32 Å². The van der Waals surface area contributed by atoms with Crippen LogP contribution in [0.4, 0.5) is 0 Å². The molecule has 0 bridgehead atoms. The zero-order valence-electron chi connectivity index (χ0n) is 10.7. The molecule has 0 unspecified atom stereocenters. The van der Waals surface area contributed by atoms with Crippen LogP contribution in [0.3, 0.4) is 0 Å². The molecule has 0 spiro atoms. The maximum atomic E-state index is 5.93. The van der Waals surface area contributed by atoms with Gasteiger partial charge in [0.1, 0.15) is 0 Å². The molecular weight excluding hydrogens is 282 g/mol. The number of nitrogens with zero attached hydrogens (tertiary/aromatic N) is 4. The van der Waals surface area contributed by atoms with Crippen molar-refractivity contribution in [1.82, 2.24) is 25.5 Å². The van der Waals surface area contributed by atoms with Gasteiger partial charge in [-0.3, -0.25) is 0 Å². The first kappa shape index (κ1) is 14.3. The van der Waals surface area contributed by atoms with Gasteiger partial charge in [-0.2, -0.15) is 0 Å². The second-order valence-electron chi connectivity index (χ2n) is 4.09. The van der Waals surface area contributed by atoms with Gasteiger partial charge in [0.15, 0.2) is 0 Å². The molecule has 0 aliphatic rings. The number of nitrogens with one attached hydrogen (secondary N) is 1. The first-order chi connectivity index (χ1) is 9.25. The highest BCUT2D eigenvalue weighted by Gasteiger charge is 2.01. The number of thioether (sulfide) groups is 1. The fraction of sp³-hybridized carbons (Fsp3) is 0.417. The SMILES string of the molecule is Cn1nnnc1SCCCNCc1cccc(Cl)c1. The van der Waals surface area contributed by atoms with Gasteiger partial charge in [-0.1, -0.05) is 35.5 Å². The first-order valence-corrected chi connectivity index (χ1v) is 7.42. The van der Waals surface area contributed by atoms with Crippen molar-refractivity contribution in [3.63, 3.8) is 0 Å². The molecule has 5 nitrogen and oxygen atoms in total. The van der Waals surface area contributed by atoms with Crippen LogP contribution in [0.25, 0.3) is 0 Å². The summed E-state index contributed by atoms with van der Waals surface area (Å²) in [7, 11) is 1.85. The van der Waals surface area contributed by atoms with Crippen LogP contribution in [-0.2, 0) is 13.6 Å². The second kappa shape index (κ2) is 7.47. The van der Waals surface area contributed by atoms with Crippen LogP contribution in [0.2, 0.25) is 5.02 Å². The first-order valence-electron chi connectivity index (χ1n) is 6.06. The van der Waals surface area contributed by atoms with Gasteiger partial charge in [-0.25, -0.2) is 4.68 Å². The minimum atomic E-state index is 0.782. The molecule has 1 aromatic heterocycles. The van der Waals surface area contributed by atoms with Crippen LogP contribution in [-0.4, -0.2) is 32.5 Å². The zero-order valence-corrected chi connectivity index (χ0v) is 12.3. The van der Waals surface area contributed by atoms with Gasteiger partial charge >= 0.3 is 0 Å². The lowest BCUT2D eigenvalue weighted by molar-refractivity contribution is 0.661. The Bertz CT molecular complexity index is 516.